The summed E-state index contributed by atoms with van der Waals surface area (Å²) in [5.74, 6) is 0.710. The van der Waals surface area contributed by atoms with Crippen LogP contribution in [-0.4, -0.2) is 77.4 Å². The number of morpholine rings is 1. The van der Waals surface area contributed by atoms with Crippen LogP contribution in [0.3, 0.4) is 0 Å². The van der Waals surface area contributed by atoms with Crippen LogP contribution in [0.15, 0.2) is 12.3 Å². The topological polar surface area (TPSA) is 70.7 Å². The minimum absolute atomic E-state index is 0.0621. The summed E-state index contributed by atoms with van der Waals surface area (Å²) < 4.78 is 13.7. The first-order valence-corrected chi connectivity index (χ1v) is 10.9. The lowest BCUT2D eigenvalue weighted by Gasteiger charge is -2.50. The van der Waals surface area contributed by atoms with E-state index in [1.54, 1.807) is 16.8 Å². The fourth-order valence-corrected chi connectivity index (χ4v) is 6.03. The zero-order valence-corrected chi connectivity index (χ0v) is 17.2. The molecule has 0 aromatic carbocycles. The van der Waals surface area contributed by atoms with Gasteiger partial charge in [0.1, 0.15) is 11.8 Å². The van der Waals surface area contributed by atoms with Gasteiger partial charge in [-0.2, -0.15) is 5.26 Å². The van der Waals surface area contributed by atoms with Gasteiger partial charge in [-0.05, 0) is 44.1 Å². The summed E-state index contributed by atoms with van der Waals surface area (Å²) in [6, 6.07) is 4.32. The van der Waals surface area contributed by atoms with Crippen LogP contribution >= 0.6 is 0 Å². The second-order valence-corrected chi connectivity index (χ2v) is 9.34. The van der Waals surface area contributed by atoms with Crippen LogP contribution in [0.5, 0.6) is 0 Å². The summed E-state index contributed by atoms with van der Waals surface area (Å²) in [4.78, 5) is 18.0. The van der Waals surface area contributed by atoms with Crippen molar-refractivity contribution in [3.8, 4) is 6.07 Å². The van der Waals surface area contributed by atoms with Gasteiger partial charge in [0, 0.05) is 51.6 Å². The number of rotatable bonds is 3. The maximum atomic E-state index is 13.3. The number of amides is 1. The molecule has 156 valence electrons. The summed E-state index contributed by atoms with van der Waals surface area (Å²) in [6.45, 7) is 5.64. The minimum Gasteiger partial charge on any atom is -0.381 e. The van der Waals surface area contributed by atoms with Crippen molar-refractivity contribution in [2.45, 2.75) is 49.8 Å². The average Bonchev–Trinajstić information content (AvgIpc) is 3.41. The smallest absolute Gasteiger partial charge is 0.271 e. The Hall–Kier alpha value is -1.88. The Bertz CT molecular complexity index is 809. The van der Waals surface area contributed by atoms with E-state index in [0.717, 1.165) is 65.1 Å². The summed E-state index contributed by atoms with van der Waals surface area (Å²) in [6.07, 6.45) is 6.83. The molecule has 1 spiro atoms. The zero-order chi connectivity index (χ0) is 20.0. The van der Waals surface area contributed by atoms with E-state index in [0.29, 0.717) is 17.2 Å². The Balaban J connectivity index is 1.30. The van der Waals surface area contributed by atoms with Gasteiger partial charge in [0.05, 0.1) is 24.4 Å². The molecule has 7 nitrogen and oxygen atoms in total. The van der Waals surface area contributed by atoms with E-state index in [1.807, 2.05) is 7.05 Å². The number of nitrogens with zero attached hydrogens (tertiary/aromatic N) is 4. The molecule has 0 aliphatic carbocycles. The molecule has 4 saturated heterocycles. The fraction of sp³-hybridized carbons (Fsp3) is 0.727. The molecule has 0 N–H and O–H groups in total. The average molecular weight is 399 g/mol. The second-order valence-electron chi connectivity index (χ2n) is 9.34. The lowest BCUT2D eigenvalue weighted by atomic mass is 9.84. The van der Waals surface area contributed by atoms with Crippen LogP contribution in [0.1, 0.15) is 48.2 Å². The van der Waals surface area contributed by atoms with Crippen LogP contribution in [0.4, 0.5) is 0 Å². The number of nitriles is 1. The van der Waals surface area contributed by atoms with Gasteiger partial charge in [0.15, 0.2) is 0 Å². The van der Waals surface area contributed by atoms with Crippen molar-refractivity contribution in [3.63, 3.8) is 0 Å². The van der Waals surface area contributed by atoms with E-state index in [-0.39, 0.29) is 23.6 Å². The molecule has 0 saturated carbocycles. The molecule has 5 heterocycles. The third kappa shape index (κ3) is 3.48. The van der Waals surface area contributed by atoms with Gasteiger partial charge in [-0.15, -0.1) is 0 Å². The highest BCUT2D eigenvalue weighted by Gasteiger charge is 2.52. The minimum atomic E-state index is -0.119. The number of carbonyl (C=O) groups excluding carboxylic acids is 1. The number of carbonyl (C=O) groups is 1. The van der Waals surface area contributed by atoms with Gasteiger partial charge >= 0.3 is 0 Å². The van der Waals surface area contributed by atoms with Crippen LogP contribution in [-0.2, 0) is 16.5 Å². The maximum Gasteiger partial charge on any atom is 0.271 e. The van der Waals surface area contributed by atoms with Crippen molar-refractivity contribution in [1.29, 1.82) is 5.26 Å². The molecule has 2 bridgehead atoms. The lowest BCUT2D eigenvalue weighted by molar-refractivity contribution is -0.146. The van der Waals surface area contributed by atoms with Crippen molar-refractivity contribution >= 4 is 5.91 Å². The molecule has 4 aliphatic rings. The van der Waals surface area contributed by atoms with Crippen molar-refractivity contribution in [3.05, 3.63) is 23.5 Å². The highest BCUT2D eigenvalue weighted by molar-refractivity contribution is 5.94. The predicted molar refractivity (Wildman–Crippen MR) is 106 cm³/mol. The number of aromatic nitrogens is 1. The number of piperidine rings is 1. The molecule has 4 fully saturated rings. The van der Waals surface area contributed by atoms with E-state index in [2.05, 4.69) is 15.9 Å². The molecule has 1 aromatic rings. The predicted octanol–water partition coefficient (Wildman–Crippen LogP) is 1.77. The number of ether oxygens (including phenoxy) is 2. The van der Waals surface area contributed by atoms with Crippen LogP contribution in [0, 0.1) is 17.2 Å². The Labute approximate surface area is 172 Å². The molecule has 1 amide bonds. The van der Waals surface area contributed by atoms with Crippen molar-refractivity contribution < 1.29 is 14.3 Å². The van der Waals surface area contributed by atoms with Gasteiger partial charge < -0.3 is 18.9 Å². The number of fused-ring (bicyclic) bond motifs is 2. The first-order valence-electron chi connectivity index (χ1n) is 10.9. The monoisotopic (exact) mass is 398 g/mol. The lowest BCUT2D eigenvalue weighted by Crippen LogP contribution is -2.61. The maximum absolute atomic E-state index is 13.3. The summed E-state index contributed by atoms with van der Waals surface area (Å²) in [5.41, 5.74) is 1.03. The van der Waals surface area contributed by atoms with Gasteiger partial charge in [-0.1, -0.05) is 0 Å². The molecule has 2 unspecified atom stereocenters. The summed E-state index contributed by atoms with van der Waals surface area (Å²) in [5, 5.41) is 9.16. The Morgan fingerprint density at radius 3 is 2.72 bits per heavy atom. The molecule has 0 radical (unpaired) electrons. The summed E-state index contributed by atoms with van der Waals surface area (Å²) in [7, 11) is 1.84. The van der Waals surface area contributed by atoms with E-state index in [4.69, 9.17) is 14.7 Å². The van der Waals surface area contributed by atoms with E-state index < -0.39 is 0 Å². The first kappa shape index (κ1) is 19.1. The highest BCUT2D eigenvalue weighted by atomic mass is 16.5. The largest absolute Gasteiger partial charge is 0.381 e. The zero-order valence-electron chi connectivity index (χ0n) is 17.2. The number of aryl methyl sites for hydroxylation is 1. The highest BCUT2D eigenvalue weighted by Crippen LogP contribution is 2.44. The summed E-state index contributed by atoms with van der Waals surface area (Å²) >= 11 is 0. The van der Waals surface area contributed by atoms with E-state index in [9.17, 15) is 4.79 Å². The molecular formula is C22H30N4O3. The van der Waals surface area contributed by atoms with Gasteiger partial charge in [0.25, 0.3) is 5.91 Å². The van der Waals surface area contributed by atoms with E-state index >= 15 is 0 Å². The van der Waals surface area contributed by atoms with Gasteiger partial charge in [-0.25, -0.2) is 0 Å². The standard InChI is InChI=1S/C22H30N4O3/c1-24-12-17(11-23)8-20(24)21(27)26-18-2-3-19(26)10-22(9-18)15-25(5-7-29-22)13-16-4-6-28-14-16/h8,12,16,18-19H,2-7,9-10,13-15H2,1H3/t16?,18-,19+,22?. The van der Waals surface area contributed by atoms with Crippen molar-refractivity contribution in [2.75, 3.05) is 39.5 Å². The van der Waals surface area contributed by atoms with Gasteiger partial charge in [-0.3, -0.25) is 9.69 Å². The van der Waals surface area contributed by atoms with Crippen molar-refractivity contribution in [2.24, 2.45) is 13.0 Å². The van der Waals surface area contributed by atoms with Crippen LogP contribution < -0.4 is 0 Å². The number of hydrogen-bond acceptors (Lipinski definition) is 5. The SMILES string of the molecule is Cn1cc(C#N)cc1C(=O)N1[C@@H]2CC[C@H]1CC1(C2)CN(CC2CCOC2)CCO1. The molecule has 4 atom stereocenters. The van der Waals surface area contributed by atoms with Crippen LogP contribution in [0.2, 0.25) is 0 Å². The molecular weight excluding hydrogens is 368 g/mol. The Morgan fingerprint density at radius 2 is 2.07 bits per heavy atom. The second kappa shape index (κ2) is 7.42. The van der Waals surface area contributed by atoms with Gasteiger partial charge in [0.2, 0.25) is 0 Å². The van der Waals surface area contributed by atoms with E-state index in [1.165, 1.54) is 6.42 Å². The van der Waals surface area contributed by atoms with Crippen LogP contribution in [0.25, 0.3) is 0 Å². The fourth-order valence-electron chi connectivity index (χ4n) is 6.03. The molecule has 5 rings (SSSR count). The normalized spacial score (nSPS) is 34.6. The number of hydrogen-bond donors (Lipinski definition) is 0. The Morgan fingerprint density at radius 1 is 1.28 bits per heavy atom. The third-order valence-corrected chi connectivity index (χ3v) is 7.29. The molecule has 7 heteroatoms. The van der Waals surface area contributed by atoms with Crippen molar-refractivity contribution in [1.82, 2.24) is 14.4 Å². The Kier molecular flexibility index (Phi) is 4.89. The molecule has 1 aromatic heterocycles. The quantitative estimate of drug-likeness (QED) is 0.776. The molecule has 29 heavy (non-hydrogen) atoms. The molecule has 4 aliphatic heterocycles. The third-order valence-electron chi connectivity index (χ3n) is 7.29. The first-order chi connectivity index (χ1) is 14.1.